The zero-order chi connectivity index (χ0) is 14.7. The van der Waals surface area contributed by atoms with E-state index in [1.165, 1.54) is 19.3 Å². The summed E-state index contributed by atoms with van der Waals surface area (Å²) in [5, 5.41) is 11.7. The molecule has 1 amide bonds. The predicted molar refractivity (Wildman–Crippen MR) is 80.6 cm³/mol. The number of carbonyl (C=O) groups excluding carboxylic acids is 1. The lowest BCUT2D eigenvalue weighted by Gasteiger charge is -2.16. The maximum atomic E-state index is 12.1. The Kier molecular flexibility index (Phi) is 4.36. The third kappa shape index (κ3) is 3.34. The number of amides is 1. The van der Waals surface area contributed by atoms with Crippen LogP contribution in [0.5, 0.6) is 0 Å². The summed E-state index contributed by atoms with van der Waals surface area (Å²) in [6.07, 6.45) is 11.7. The van der Waals surface area contributed by atoms with Gasteiger partial charge in [-0.05, 0) is 38.5 Å². The van der Waals surface area contributed by atoms with Crippen LogP contribution in [0.25, 0.3) is 0 Å². The topological polar surface area (TPSA) is 59.8 Å². The van der Waals surface area contributed by atoms with Crippen LogP contribution in [0.2, 0.25) is 0 Å². The minimum atomic E-state index is -0.0674. The fraction of sp³-hybridized carbons (Fsp3) is 0.688. The van der Waals surface area contributed by atoms with Gasteiger partial charge in [0.2, 0.25) is 5.91 Å². The summed E-state index contributed by atoms with van der Waals surface area (Å²) in [6, 6.07) is -0.0674. The number of aromatic nitrogens is 3. The highest BCUT2D eigenvalue weighted by Crippen LogP contribution is 2.22. The molecule has 0 saturated heterocycles. The molecular formula is C16H24N4O. The molecule has 5 heteroatoms. The van der Waals surface area contributed by atoms with Gasteiger partial charge in [0.1, 0.15) is 5.82 Å². The summed E-state index contributed by atoms with van der Waals surface area (Å²) >= 11 is 0. The Balaban J connectivity index is 1.62. The molecule has 2 aliphatic rings. The zero-order valence-corrected chi connectivity index (χ0v) is 12.7. The summed E-state index contributed by atoms with van der Waals surface area (Å²) in [4.78, 5) is 12.1. The summed E-state index contributed by atoms with van der Waals surface area (Å²) in [7, 11) is 0. The largest absolute Gasteiger partial charge is 0.346 e. The second-order valence-corrected chi connectivity index (χ2v) is 6.20. The Morgan fingerprint density at radius 1 is 1.43 bits per heavy atom. The molecule has 2 atom stereocenters. The molecule has 0 aromatic carbocycles. The molecule has 0 saturated carbocycles. The average molecular weight is 288 g/mol. The van der Waals surface area contributed by atoms with Gasteiger partial charge in [0.05, 0.1) is 6.04 Å². The van der Waals surface area contributed by atoms with Gasteiger partial charge >= 0.3 is 0 Å². The van der Waals surface area contributed by atoms with Gasteiger partial charge in [0.15, 0.2) is 5.82 Å². The number of allylic oxidation sites excluding steroid dienone is 2. The third-order valence-corrected chi connectivity index (χ3v) is 4.46. The van der Waals surface area contributed by atoms with Crippen molar-refractivity contribution in [2.24, 2.45) is 5.92 Å². The number of aryl methyl sites for hydroxylation is 1. The number of carbonyl (C=O) groups is 1. The van der Waals surface area contributed by atoms with Crippen molar-refractivity contribution in [1.82, 2.24) is 20.1 Å². The fourth-order valence-corrected chi connectivity index (χ4v) is 3.30. The number of rotatable bonds is 4. The van der Waals surface area contributed by atoms with Crippen molar-refractivity contribution in [3.8, 4) is 0 Å². The molecule has 1 aliphatic heterocycles. The molecule has 0 radical (unpaired) electrons. The number of fused-ring (bicyclic) bond motifs is 1. The van der Waals surface area contributed by atoms with E-state index in [1.807, 2.05) is 6.92 Å². The molecular weight excluding hydrogens is 264 g/mol. The van der Waals surface area contributed by atoms with Gasteiger partial charge in [-0.25, -0.2) is 0 Å². The van der Waals surface area contributed by atoms with Crippen LogP contribution in [0.15, 0.2) is 12.2 Å². The van der Waals surface area contributed by atoms with Crippen molar-refractivity contribution in [2.75, 3.05) is 0 Å². The Labute approximate surface area is 125 Å². The second kappa shape index (κ2) is 6.41. The molecule has 21 heavy (non-hydrogen) atoms. The van der Waals surface area contributed by atoms with Crippen LogP contribution in [0.3, 0.4) is 0 Å². The van der Waals surface area contributed by atoms with Gasteiger partial charge in [-0.1, -0.05) is 18.6 Å². The van der Waals surface area contributed by atoms with Gasteiger partial charge in [-0.3, -0.25) is 4.79 Å². The van der Waals surface area contributed by atoms with E-state index in [1.54, 1.807) is 0 Å². The lowest BCUT2D eigenvalue weighted by molar-refractivity contribution is -0.122. The molecule has 1 aromatic rings. The van der Waals surface area contributed by atoms with Crippen LogP contribution in [-0.2, 0) is 17.8 Å². The van der Waals surface area contributed by atoms with Gasteiger partial charge < -0.3 is 9.88 Å². The van der Waals surface area contributed by atoms with Crippen molar-refractivity contribution in [1.29, 1.82) is 0 Å². The van der Waals surface area contributed by atoms with Crippen LogP contribution in [0.1, 0.15) is 63.1 Å². The molecule has 3 rings (SSSR count). The van der Waals surface area contributed by atoms with Gasteiger partial charge in [0.25, 0.3) is 0 Å². The van der Waals surface area contributed by atoms with Crippen LogP contribution in [0, 0.1) is 5.92 Å². The van der Waals surface area contributed by atoms with Crippen LogP contribution >= 0.6 is 0 Å². The normalized spacial score (nSPS) is 22.6. The number of nitrogens with zero attached hydrogens (tertiary/aromatic N) is 3. The Morgan fingerprint density at radius 3 is 3.14 bits per heavy atom. The second-order valence-electron chi connectivity index (χ2n) is 6.20. The number of hydrogen-bond acceptors (Lipinski definition) is 3. The zero-order valence-electron chi connectivity index (χ0n) is 12.7. The highest BCUT2D eigenvalue weighted by molar-refractivity contribution is 5.76. The molecule has 2 heterocycles. The van der Waals surface area contributed by atoms with Gasteiger partial charge in [-0.15, -0.1) is 10.2 Å². The first-order chi connectivity index (χ1) is 10.2. The van der Waals surface area contributed by atoms with E-state index in [-0.39, 0.29) is 11.9 Å². The summed E-state index contributed by atoms with van der Waals surface area (Å²) in [5.74, 6) is 2.50. The predicted octanol–water partition coefficient (Wildman–Crippen LogP) is 2.54. The van der Waals surface area contributed by atoms with Gasteiger partial charge in [0, 0.05) is 19.4 Å². The summed E-state index contributed by atoms with van der Waals surface area (Å²) < 4.78 is 2.20. The quantitative estimate of drug-likeness (QED) is 0.866. The van der Waals surface area contributed by atoms with Gasteiger partial charge in [-0.2, -0.15) is 0 Å². The van der Waals surface area contributed by atoms with Crippen molar-refractivity contribution < 1.29 is 4.79 Å². The van der Waals surface area contributed by atoms with Crippen molar-refractivity contribution in [3.05, 3.63) is 23.8 Å². The van der Waals surface area contributed by atoms with E-state index < -0.39 is 0 Å². The molecule has 0 unspecified atom stereocenters. The standard InChI is InChI=1S/C16H24N4O/c1-12(17-15(21)11-13-7-4-5-8-13)16-19-18-14-9-3-2-6-10-20(14)16/h4,7,12-13H,2-3,5-6,8-11H2,1H3,(H,17,21)/t12-,13+/m1/s1. The molecule has 0 fully saturated rings. The van der Waals surface area contributed by atoms with Crippen LogP contribution < -0.4 is 5.32 Å². The van der Waals surface area contributed by atoms with E-state index in [4.69, 9.17) is 0 Å². The number of hydrogen-bond donors (Lipinski definition) is 1. The van der Waals surface area contributed by atoms with Crippen molar-refractivity contribution in [3.63, 3.8) is 0 Å². The Morgan fingerprint density at radius 2 is 2.33 bits per heavy atom. The Hall–Kier alpha value is -1.65. The van der Waals surface area contributed by atoms with Crippen molar-refractivity contribution >= 4 is 5.91 Å². The summed E-state index contributed by atoms with van der Waals surface area (Å²) in [5.41, 5.74) is 0. The van der Waals surface area contributed by atoms with Crippen molar-refractivity contribution in [2.45, 2.75) is 64.5 Å². The maximum Gasteiger partial charge on any atom is 0.221 e. The Bertz CT molecular complexity index is 534. The lowest BCUT2D eigenvalue weighted by atomic mass is 10.0. The van der Waals surface area contributed by atoms with Crippen LogP contribution in [-0.4, -0.2) is 20.7 Å². The highest BCUT2D eigenvalue weighted by atomic mass is 16.1. The summed E-state index contributed by atoms with van der Waals surface area (Å²) in [6.45, 7) is 2.98. The molecule has 0 bridgehead atoms. The molecule has 1 N–H and O–H groups in total. The molecule has 5 nitrogen and oxygen atoms in total. The first-order valence-corrected chi connectivity index (χ1v) is 8.12. The third-order valence-electron chi connectivity index (χ3n) is 4.46. The molecule has 114 valence electrons. The van der Waals surface area contributed by atoms with E-state index in [2.05, 4.69) is 32.2 Å². The molecule has 1 aromatic heterocycles. The highest BCUT2D eigenvalue weighted by Gasteiger charge is 2.21. The van der Waals surface area contributed by atoms with E-state index in [9.17, 15) is 4.79 Å². The van der Waals surface area contributed by atoms with E-state index >= 15 is 0 Å². The smallest absolute Gasteiger partial charge is 0.221 e. The number of nitrogens with one attached hydrogen (secondary N) is 1. The monoisotopic (exact) mass is 288 g/mol. The fourth-order valence-electron chi connectivity index (χ4n) is 3.30. The maximum absolute atomic E-state index is 12.1. The van der Waals surface area contributed by atoms with E-state index in [0.717, 1.165) is 37.5 Å². The lowest BCUT2D eigenvalue weighted by Crippen LogP contribution is -2.30. The molecule has 0 spiro atoms. The average Bonchev–Trinajstić information content (AvgIpc) is 3.04. The first-order valence-electron chi connectivity index (χ1n) is 8.12. The van der Waals surface area contributed by atoms with Crippen LogP contribution in [0.4, 0.5) is 0 Å². The molecule has 1 aliphatic carbocycles. The van der Waals surface area contributed by atoms with E-state index in [0.29, 0.717) is 12.3 Å². The SMILES string of the molecule is C[C@@H](NC(=O)C[C@H]1C=CCC1)c1nnc2n1CCCCC2. The minimum absolute atomic E-state index is 0.0674. The minimum Gasteiger partial charge on any atom is -0.346 e. The first kappa shape index (κ1) is 14.3.